The van der Waals surface area contributed by atoms with Crippen LogP contribution in [0.15, 0.2) is 0 Å². The molecule has 0 spiro atoms. The topological polar surface area (TPSA) is 90.4 Å². The van der Waals surface area contributed by atoms with Crippen LogP contribution in [0.2, 0.25) is 0 Å². The van der Waals surface area contributed by atoms with E-state index in [0.29, 0.717) is 13.1 Å². The van der Waals surface area contributed by atoms with Crippen LogP contribution in [0.1, 0.15) is 0 Å². The third-order valence-electron chi connectivity index (χ3n) is 0.599. The summed E-state index contributed by atoms with van der Waals surface area (Å²) in [4.78, 5) is 14.6. The van der Waals surface area contributed by atoms with Gasteiger partial charge in [0.1, 0.15) is 0 Å². The van der Waals surface area contributed by atoms with Crippen LogP contribution in [0.5, 0.6) is 0 Å². The summed E-state index contributed by atoms with van der Waals surface area (Å²) in [7, 11) is 0. The molecule has 5 nitrogen and oxygen atoms in total. The molecular weight excluding hydrogens is 122 g/mol. The molecule has 5 heteroatoms. The lowest BCUT2D eigenvalue weighted by Crippen LogP contribution is -2.29. The van der Waals surface area contributed by atoms with E-state index in [9.17, 15) is 4.79 Å². The number of hydrogen-bond acceptors (Lipinski definition) is 5. The Morgan fingerprint density at radius 1 is 1.56 bits per heavy atom. The van der Waals surface area contributed by atoms with Gasteiger partial charge in [0.15, 0.2) is 0 Å². The Labute approximate surface area is 53.3 Å². The van der Waals surface area contributed by atoms with E-state index in [4.69, 9.17) is 11.5 Å². The van der Waals surface area contributed by atoms with Gasteiger partial charge in [0.05, 0.1) is 6.54 Å². The Hall–Kier alpha value is -0.650. The first kappa shape index (κ1) is 8.35. The molecule has 0 aromatic carbocycles. The Balaban J connectivity index is 2.97. The standard InChI is InChI=1S/C4H11N3O2/c5-1-2-7-9-4(8)3-6/h7H,1-3,5-6H2. The van der Waals surface area contributed by atoms with Gasteiger partial charge in [-0.2, -0.15) is 5.48 Å². The summed E-state index contributed by atoms with van der Waals surface area (Å²) in [6, 6.07) is 0. The van der Waals surface area contributed by atoms with Gasteiger partial charge in [-0.15, -0.1) is 0 Å². The molecular formula is C4H11N3O2. The average Bonchev–Trinajstić information content (AvgIpc) is 1.89. The maximum absolute atomic E-state index is 10.2. The lowest BCUT2D eigenvalue weighted by Gasteiger charge is -2.00. The molecule has 5 N–H and O–H groups in total. The number of carbonyl (C=O) groups is 1. The molecule has 0 aromatic heterocycles. The number of nitrogens with two attached hydrogens (primary N) is 2. The maximum Gasteiger partial charge on any atom is 0.338 e. The van der Waals surface area contributed by atoms with Crippen molar-refractivity contribution in [1.82, 2.24) is 5.48 Å². The molecule has 9 heavy (non-hydrogen) atoms. The predicted molar refractivity (Wildman–Crippen MR) is 32.2 cm³/mol. The van der Waals surface area contributed by atoms with Crippen LogP contribution >= 0.6 is 0 Å². The summed E-state index contributed by atoms with van der Waals surface area (Å²) in [5.41, 5.74) is 12.3. The molecule has 0 amide bonds. The fraction of sp³-hybridized carbons (Fsp3) is 0.750. The van der Waals surface area contributed by atoms with E-state index in [0.717, 1.165) is 0 Å². The van der Waals surface area contributed by atoms with Crippen molar-refractivity contribution in [2.45, 2.75) is 0 Å². The van der Waals surface area contributed by atoms with Gasteiger partial charge in [-0.25, -0.2) is 4.79 Å². The Morgan fingerprint density at radius 2 is 2.22 bits per heavy atom. The van der Waals surface area contributed by atoms with Crippen LogP contribution in [0, 0.1) is 0 Å². The van der Waals surface area contributed by atoms with E-state index in [2.05, 4.69) is 10.3 Å². The van der Waals surface area contributed by atoms with Crippen molar-refractivity contribution in [2.75, 3.05) is 19.6 Å². The van der Waals surface area contributed by atoms with Crippen molar-refractivity contribution in [3.05, 3.63) is 0 Å². The molecule has 0 aliphatic rings. The number of rotatable bonds is 4. The Kier molecular flexibility index (Phi) is 5.09. The first-order chi connectivity index (χ1) is 4.31. The van der Waals surface area contributed by atoms with Crippen molar-refractivity contribution in [2.24, 2.45) is 11.5 Å². The minimum absolute atomic E-state index is 0.114. The summed E-state index contributed by atoms with van der Waals surface area (Å²) >= 11 is 0. The van der Waals surface area contributed by atoms with Crippen LogP contribution in [0.25, 0.3) is 0 Å². The van der Waals surface area contributed by atoms with Crippen molar-refractivity contribution in [3.8, 4) is 0 Å². The van der Waals surface area contributed by atoms with Gasteiger partial charge in [-0.1, -0.05) is 0 Å². The van der Waals surface area contributed by atoms with E-state index in [1.54, 1.807) is 0 Å². The van der Waals surface area contributed by atoms with Gasteiger partial charge < -0.3 is 16.3 Å². The van der Waals surface area contributed by atoms with Crippen molar-refractivity contribution in [3.63, 3.8) is 0 Å². The summed E-state index contributed by atoms with van der Waals surface area (Å²) in [6.45, 7) is 0.765. The van der Waals surface area contributed by atoms with Crippen molar-refractivity contribution < 1.29 is 9.63 Å². The van der Waals surface area contributed by atoms with Gasteiger partial charge >= 0.3 is 5.97 Å². The lowest BCUT2D eigenvalue weighted by molar-refractivity contribution is -0.149. The molecule has 0 rings (SSSR count). The molecule has 0 bridgehead atoms. The van der Waals surface area contributed by atoms with Gasteiger partial charge in [-0.05, 0) is 0 Å². The Bertz CT molecular complexity index is 85.9. The molecule has 0 unspecified atom stereocenters. The fourth-order valence-corrected chi connectivity index (χ4v) is 0.232. The normalized spacial score (nSPS) is 9.11. The largest absolute Gasteiger partial charge is 0.369 e. The molecule has 0 saturated carbocycles. The fourth-order valence-electron chi connectivity index (χ4n) is 0.232. The SMILES string of the molecule is NCCNOC(=O)CN. The first-order valence-corrected chi connectivity index (χ1v) is 2.64. The van der Waals surface area contributed by atoms with Gasteiger partial charge in [-0.3, -0.25) is 0 Å². The highest BCUT2D eigenvalue weighted by atomic mass is 16.7. The van der Waals surface area contributed by atoms with E-state index in [1.807, 2.05) is 0 Å². The summed E-state index contributed by atoms with van der Waals surface area (Å²) in [6.07, 6.45) is 0. The second-order valence-electron chi connectivity index (χ2n) is 1.36. The summed E-state index contributed by atoms with van der Waals surface area (Å²) in [5.74, 6) is -0.483. The first-order valence-electron chi connectivity index (χ1n) is 2.64. The molecule has 0 radical (unpaired) electrons. The highest BCUT2D eigenvalue weighted by Crippen LogP contribution is 1.65. The van der Waals surface area contributed by atoms with Gasteiger partial charge in [0.25, 0.3) is 0 Å². The smallest absolute Gasteiger partial charge is 0.338 e. The number of hydroxylamine groups is 1. The Morgan fingerprint density at radius 3 is 2.67 bits per heavy atom. The molecule has 0 fully saturated rings. The average molecular weight is 133 g/mol. The van der Waals surface area contributed by atoms with Crippen LogP contribution in [0.4, 0.5) is 0 Å². The van der Waals surface area contributed by atoms with E-state index < -0.39 is 5.97 Å². The zero-order valence-corrected chi connectivity index (χ0v) is 5.09. The van der Waals surface area contributed by atoms with Gasteiger partial charge in [0, 0.05) is 13.1 Å². The van der Waals surface area contributed by atoms with Crippen molar-refractivity contribution >= 4 is 5.97 Å². The molecule has 0 aromatic rings. The second kappa shape index (κ2) is 5.49. The molecule has 0 saturated heterocycles. The zero-order valence-electron chi connectivity index (χ0n) is 5.09. The third kappa shape index (κ3) is 5.22. The highest BCUT2D eigenvalue weighted by molar-refractivity contribution is 5.70. The van der Waals surface area contributed by atoms with E-state index >= 15 is 0 Å². The van der Waals surface area contributed by atoms with Crippen molar-refractivity contribution in [1.29, 1.82) is 0 Å². The predicted octanol–water partition coefficient (Wildman–Crippen LogP) is -2.05. The summed E-state index contributed by atoms with van der Waals surface area (Å²) < 4.78 is 0. The third-order valence-corrected chi connectivity index (χ3v) is 0.599. The lowest BCUT2D eigenvalue weighted by atomic mass is 10.7. The monoisotopic (exact) mass is 133 g/mol. The minimum atomic E-state index is -0.483. The molecule has 0 atom stereocenters. The van der Waals surface area contributed by atoms with Gasteiger partial charge in [0.2, 0.25) is 0 Å². The van der Waals surface area contributed by atoms with E-state index in [-0.39, 0.29) is 6.54 Å². The zero-order chi connectivity index (χ0) is 7.11. The molecule has 0 aliphatic carbocycles. The second-order valence-corrected chi connectivity index (χ2v) is 1.36. The number of carbonyl (C=O) groups excluding carboxylic acids is 1. The highest BCUT2D eigenvalue weighted by Gasteiger charge is 1.94. The van der Waals surface area contributed by atoms with Crippen LogP contribution in [-0.2, 0) is 9.63 Å². The quantitative estimate of drug-likeness (QED) is 0.303. The molecule has 54 valence electrons. The van der Waals surface area contributed by atoms with E-state index in [1.165, 1.54) is 0 Å². The van der Waals surface area contributed by atoms with Crippen LogP contribution in [-0.4, -0.2) is 25.6 Å². The molecule has 0 heterocycles. The molecule has 0 aliphatic heterocycles. The summed E-state index contributed by atoms with van der Waals surface area (Å²) in [5, 5.41) is 0. The number of nitrogens with one attached hydrogen (secondary N) is 1. The minimum Gasteiger partial charge on any atom is -0.369 e. The maximum atomic E-state index is 10.2. The van der Waals surface area contributed by atoms with Crippen LogP contribution < -0.4 is 16.9 Å². The van der Waals surface area contributed by atoms with Crippen LogP contribution in [0.3, 0.4) is 0 Å². The number of hydrogen-bond donors (Lipinski definition) is 3.